The molecule has 0 heterocycles. The maximum absolute atomic E-state index is 12.8. The Labute approximate surface area is 385 Å². The van der Waals surface area contributed by atoms with E-state index in [0.717, 1.165) is 89.9 Å². The number of hydrogen-bond acceptors (Lipinski definition) is 5. The summed E-state index contributed by atoms with van der Waals surface area (Å²) in [6.07, 6.45) is 67.6. The topological polar surface area (TPSA) is 61.8 Å². The first-order valence-electron chi connectivity index (χ1n) is 26.5. The van der Waals surface area contributed by atoms with Crippen molar-refractivity contribution in [2.45, 2.75) is 258 Å². The molecule has 5 nitrogen and oxygen atoms in total. The fourth-order valence-corrected chi connectivity index (χ4v) is 7.30. The third-order valence-electron chi connectivity index (χ3n) is 11.2. The Morgan fingerprint density at radius 2 is 0.726 bits per heavy atom. The number of allylic oxidation sites excluding steroid dienone is 12. The smallest absolute Gasteiger partial charge is 0.306 e. The van der Waals surface area contributed by atoms with Crippen LogP contribution in [0.3, 0.4) is 0 Å². The molecule has 0 fully saturated rings. The highest BCUT2D eigenvalue weighted by Crippen LogP contribution is 2.15. The molecular weight excluding hydrogens is 765 g/mol. The van der Waals surface area contributed by atoms with Gasteiger partial charge in [0.05, 0.1) is 6.61 Å². The quantitative estimate of drug-likeness (QED) is 0.0346. The van der Waals surface area contributed by atoms with E-state index in [4.69, 9.17) is 14.2 Å². The van der Waals surface area contributed by atoms with E-state index in [9.17, 15) is 9.59 Å². The van der Waals surface area contributed by atoms with Gasteiger partial charge in [0.1, 0.15) is 6.61 Å². The lowest BCUT2D eigenvalue weighted by atomic mass is 10.0. The highest BCUT2D eigenvalue weighted by atomic mass is 16.6. The highest BCUT2D eigenvalue weighted by Gasteiger charge is 2.17. The van der Waals surface area contributed by atoms with Crippen molar-refractivity contribution in [2.75, 3.05) is 19.8 Å². The molecule has 1 atom stereocenters. The van der Waals surface area contributed by atoms with Crippen LogP contribution in [0.15, 0.2) is 72.9 Å². The molecule has 1 unspecified atom stereocenters. The van der Waals surface area contributed by atoms with Gasteiger partial charge in [0, 0.05) is 19.4 Å². The summed E-state index contributed by atoms with van der Waals surface area (Å²) in [6, 6.07) is 0. The summed E-state index contributed by atoms with van der Waals surface area (Å²) in [5, 5.41) is 0. The van der Waals surface area contributed by atoms with Crippen LogP contribution < -0.4 is 0 Å². The molecule has 0 saturated carbocycles. The summed E-state index contributed by atoms with van der Waals surface area (Å²) >= 11 is 0. The molecule has 0 aromatic heterocycles. The molecule has 0 amide bonds. The van der Waals surface area contributed by atoms with Gasteiger partial charge < -0.3 is 14.2 Å². The molecule has 5 heteroatoms. The molecule has 0 N–H and O–H groups in total. The molecule has 0 aromatic rings. The van der Waals surface area contributed by atoms with E-state index in [-0.39, 0.29) is 25.2 Å². The van der Waals surface area contributed by atoms with Crippen LogP contribution in [-0.4, -0.2) is 37.9 Å². The van der Waals surface area contributed by atoms with E-state index in [0.29, 0.717) is 19.4 Å². The molecule has 0 spiro atoms. The zero-order valence-corrected chi connectivity index (χ0v) is 41.1. The van der Waals surface area contributed by atoms with E-state index >= 15 is 0 Å². The van der Waals surface area contributed by atoms with Crippen molar-refractivity contribution in [1.82, 2.24) is 0 Å². The highest BCUT2D eigenvalue weighted by molar-refractivity contribution is 5.70. The van der Waals surface area contributed by atoms with Crippen molar-refractivity contribution in [2.24, 2.45) is 0 Å². The van der Waals surface area contributed by atoms with Crippen LogP contribution in [0.2, 0.25) is 0 Å². The molecule has 0 aliphatic heterocycles. The summed E-state index contributed by atoms with van der Waals surface area (Å²) in [7, 11) is 0. The van der Waals surface area contributed by atoms with Gasteiger partial charge in [-0.25, -0.2) is 0 Å². The Hall–Kier alpha value is -2.66. The van der Waals surface area contributed by atoms with E-state index in [1.165, 1.54) is 128 Å². The minimum absolute atomic E-state index is 0.0682. The minimum Gasteiger partial charge on any atom is -0.462 e. The lowest BCUT2D eigenvalue weighted by Crippen LogP contribution is -2.30. The van der Waals surface area contributed by atoms with Crippen molar-refractivity contribution in [3.8, 4) is 0 Å². The van der Waals surface area contributed by atoms with Crippen LogP contribution >= 0.6 is 0 Å². The largest absolute Gasteiger partial charge is 0.462 e. The minimum atomic E-state index is -0.552. The third-order valence-corrected chi connectivity index (χ3v) is 11.2. The van der Waals surface area contributed by atoms with Gasteiger partial charge in [-0.1, -0.05) is 222 Å². The average molecular weight is 865 g/mol. The number of ether oxygens (including phenoxy) is 3. The Morgan fingerprint density at radius 3 is 1.19 bits per heavy atom. The van der Waals surface area contributed by atoms with Gasteiger partial charge in [-0.15, -0.1) is 0 Å². The zero-order valence-electron chi connectivity index (χ0n) is 41.1. The molecule has 0 aromatic carbocycles. The lowest BCUT2D eigenvalue weighted by Gasteiger charge is -2.18. The second-order valence-electron chi connectivity index (χ2n) is 17.4. The molecule has 358 valence electrons. The number of hydrogen-bond donors (Lipinski definition) is 0. The summed E-state index contributed by atoms with van der Waals surface area (Å²) < 4.78 is 17.4. The second kappa shape index (κ2) is 52.7. The first-order valence-corrected chi connectivity index (χ1v) is 26.5. The van der Waals surface area contributed by atoms with Gasteiger partial charge in [0.25, 0.3) is 0 Å². The Bertz CT molecular complexity index is 1110. The normalized spacial score (nSPS) is 12.8. The summed E-state index contributed by atoms with van der Waals surface area (Å²) in [5.41, 5.74) is 0. The van der Waals surface area contributed by atoms with Crippen LogP contribution in [0.5, 0.6) is 0 Å². The lowest BCUT2D eigenvalue weighted by molar-refractivity contribution is -0.163. The Morgan fingerprint density at radius 1 is 0.371 bits per heavy atom. The fraction of sp³-hybridized carbons (Fsp3) is 0.754. The van der Waals surface area contributed by atoms with Crippen molar-refractivity contribution >= 4 is 11.9 Å². The van der Waals surface area contributed by atoms with Gasteiger partial charge in [0.2, 0.25) is 0 Å². The number of carbonyl (C=O) groups excluding carboxylic acids is 2. The molecular formula is C57H100O5. The molecule has 0 aliphatic rings. The fourth-order valence-electron chi connectivity index (χ4n) is 7.30. The summed E-state index contributed by atoms with van der Waals surface area (Å²) in [4.78, 5) is 25.4. The van der Waals surface area contributed by atoms with Crippen LogP contribution in [0.4, 0.5) is 0 Å². The second-order valence-corrected chi connectivity index (χ2v) is 17.4. The van der Waals surface area contributed by atoms with Gasteiger partial charge >= 0.3 is 11.9 Å². The average Bonchev–Trinajstić information content (AvgIpc) is 3.27. The van der Waals surface area contributed by atoms with Crippen molar-refractivity contribution in [3.63, 3.8) is 0 Å². The van der Waals surface area contributed by atoms with Crippen molar-refractivity contribution in [3.05, 3.63) is 72.9 Å². The first kappa shape index (κ1) is 59.3. The molecule has 62 heavy (non-hydrogen) atoms. The van der Waals surface area contributed by atoms with Gasteiger partial charge in [-0.05, 0) is 89.9 Å². The van der Waals surface area contributed by atoms with Crippen LogP contribution in [-0.2, 0) is 23.8 Å². The predicted molar refractivity (Wildman–Crippen MR) is 270 cm³/mol. The standard InChI is InChI=1S/C57H100O5/c1-4-7-10-13-16-19-22-25-27-29-30-33-35-38-41-44-47-50-56(58)61-54-55(62-57(59)51-48-45-42-39-36-32-24-21-18-15-12-9-6-3)53-60-52-49-46-43-40-37-34-31-28-26-23-20-17-14-11-8-5-2/h7,10,16-17,19-20,25-28,30,33,55H,4-6,8-9,11-15,18,21-24,29,31-32,34-54H2,1-3H3/b10-7-,19-16-,20-17-,27-25-,28-26-,33-30-. The SMILES string of the molecule is CC/C=C\C/C=C\C/C=C\C/C=C\CCCCCCC(=O)OCC(COCCCCCCCC/C=C\C/C=C\CCCCC)OC(=O)CCCCCCCCCCCCCCC. The number of esters is 2. The van der Waals surface area contributed by atoms with Crippen molar-refractivity contribution < 1.29 is 23.8 Å². The number of unbranched alkanes of at least 4 members (excludes halogenated alkanes) is 25. The molecule has 0 saturated heterocycles. The molecule has 0 radical (unpaired) electrons. The Balaban J connectivity index is 4.32. The van der Waals surface area contributed by atoms with Crippen LogP contribution in [0, 0.1) is 0 Å². The monoisotopic (exact) mass is 865 g/mol. The number of rotatable bonds is 48. The summed E-state index contributed by atoms with van der Waals surface area (Å²) in [6.45, 7) is 7.66. The maximum atomic E-state index is 12.8. The van der Waals surface area contributed by atoms with E-state index in [1.807, 2.05) is 0 Å². The molecule has 0 rings (SSSR count). The summed E-state index contributed by atoms with van der Waals surface area (Å²) in [5.74, 6) is -0.425. The predicted octanol–water partition coefficient (Wildman–Crippen LogP) is 17.9. The maximum Gasteiger partial charge on any atom is 0.306 e. The van der Waals surface area contributed by atoms with Crippen LogP contribution in [0.1, 0.15) is 252 Å². The van der Waals surface area contributed by atoms with Crippen molar-refractivity contribution in [1.29, 1.82) is 0 Å². The van der Waals surface area contributed by atoms with E-state index in [1.54, 1.807) is 0 Å². The van der Waals surface area contributed by atoms with Gasteiger partial charge in [-0.2, -0.15) is 0 Å². The van der Waals surface area contributed by atoms with E-state index in [2.05, 4.69) is 93.7 Å². The van der Waals surface area contributed by atoms with Gasteiger partial charge in [0.15, 0.2) is 6.10 Å². The van der Waals surface area contributed by atoms with Crippen LogP contribution in [0.25, 0.3) is 0 Å². The first-order chi connectivity index (χ1) is 30.6. The van der Waals surface area contributed by atoms with Gasteiger partial charge in [-0.3, -0.25) is 9.59 Å². The van der Waals surface area contributed by atoms with E-state index < -0.39 is 6.10 Å². The third kappa shape index (κ3) is 50.0. The molecule has 0 bridgehead atoms. The number of carbonyl (C=O) groups is 2. The molecule has 0 aliphatic carbocycles. The zero-order chi connectivity index (χ0) is 44.9. The Kier molecular flexibility index (Phi) is 50.4.